The minimum Gasteiger partial charge on any atom is -0.461 e. The lowest BCUT2D eigenvalue weighted by molar-refractivity contribution is -0.160. The molecule has 4 N–H and O–H groups in total. The van der Waals surface area contributed by atoms with Crippen LogP contribution >= 0.6 is 0 Å². The Balaban J connectivity index is 1.33. The highest BCUT2D eigenvalue weighted by Crippen LogP contribution is 2.27. The minimum atomic E-state index is -1.77. The molecular weight excluding hydrogens is 781 g/mol. The van der Waals surface area contributed by atoms with Gasteiger partial charge in [-0.15, -0.1) is 0 Å². The summed E-state index contributed by atoms with van der Waals surface area (Å²) in [4.78, 5) is 101. The second-order valence-corrected chi connectivity index (χ2v) is 15.7. The van der Waals surface area contributed by atoms with Crippen molar-refractivity contribution in [2.75, 3.05) is 39.5 Å². The van der Waals surface area contributed by atoms with Crippen LogP contribution in [0.5, 0.6) is 0 Å². The molecule has 6 amide bonds. The molecule has 4 aliphatic heterocycles. The summed E-state index contributed by atoms with van der Waals surface area (Å²) in [5, 5.41) is 18.3. The molecule has 4 heterocycles. The molecule has 2 aromatic rings. The topological polar surface area (TPSA) is 204 Å². The number of fused-ring (bicyclic) bond motifs is 3. The number of aliphatic hydroxyl groups is 1. The maximum Gasteiger partial charge on any atom is 0.328 e. The zero-order valence-corrected chi connectivity index (χ0v) is 32.8. The molecular formula is C40H47F3N6O10. The van der Waals surface area contributed by atoms with E-state index in [1.54, 1.807) is 19.9 Å². The number of morpholine rings is 1. The minimum absolute atomic E-state index is 0.00451. The van der Waals surface area contributed by atoms with Crippen molar-refractivity contribution >= 4 is 41.4 Å². The number of hydrogen-bond donors (Lipinski definition) is 4. The van der Waals surface area contributed by atoms with E-state index in [-0.39, 0.29) is 62.7 Å². The molecule has 4 saturated heterocycles. The zero-order chi connectivity index (χ0) is 42.7. The number of halogens is 3. The lowest BCUT2D eigenvalue weighted by Crippen LogP contribution is -2.63. The van der Waals surface area contributed by atoms with Gasteiger partial charge in [-0.3, -0.25) is 28.8 Å². The average molecular weight is 829 g/mol. The van der Waals surface area contributed by atoms with Gasteiger partial charge in [0, 0.05) is 38.5 Å². The van der Waals surface area contributed by atoms with E-state index < -0.39 is 121 Å². The number of carbonyl (C=O) groups excluding carboxylic acids is 7. The number of aliphatic hydroxyl groups excluding tert-OH is 1. The first-order valence-corrected chi connectivity index (χ1v) is 19.4. The molecule has 318 valence electrons. The molecule has 0 aromatic heterocycles. The summed E-state index contributed by atoms with van der Waals surface area (Å²) in [6, 6.07) is -1.57. The smallest absolute Gasteiger partial charge is 0.328 e. The molecule has 0 bridgehead atoms. The first-order valence-electron chi connectivity index (χ1n) is 19.4. The fraction of sp³-hybridized carbons (Fsp3) is 0.525. The van der Waals surface area contributed by atoms with Gasteiger partial charge < -0.3 is 45.2 Å². The highest BCUT2D eigenvalue weighted by molar-refractivity contribution is 5.98. The highest BCUT2D eigenvalue weighted by Gasteiger charge is 2.48. The van der Waals surface area contributed by atoms with Crippen LogP contribution in [0.2, 0.25) is 0 Å². The normalized spacial score (nSPS) is 27.3. The van der Waals surface area contributed by atoms with Crippen LogP contribution in [0.15, 0.2) is 36.4 Å². The molecule has 16 nitrogen and oxygen atoms in total. The SMILES string of the molecule is Cc1ccc(CC(=O)N[C@@H](Cc2cc(F)cc(F)c2)C(=O)N[C@H]2COC(=O)[C@@H]3C[C@@H](C)CN3C(=O)[C@H](C)NC(=O)[C@@H]3COCCN3C(=O)[C@@H]3C[C@@H](O)CN3C2=O)c(F)c1. The quantitative estimate of drug-likeness (QED) is 0.268. The van der Waals surface area contributed by atoms with Gasteiger partial charge in [-0.2, -0.15) is 0 Å². The van der Waals surface area contributed by atoms with Gasteiger partial charge in [-0.1, -0.05) is 19.1 Å². The van der Waals surface area contributed by atoms with Crippen molar-refractivity contribution in [3.05, 3.63) is 70.5 Å². The van der Waals surface area contributed by atoms with Crippen molar-refractivity contribution < 1.29 is 61.3 Å². The number of nitrogens with zero attached hydrogens (tertiary/aromatic N) is 3. The van der Waals surface area contributed by atoms with Crippen LogP contribution < -0.4 is 16.0 Å². The van der Waals surface area contributed by atoms with E-state index in [2.05, 4.69) is 16.0 Å². The summed E-state index contributed by atoms with van der Waals surface area (Å²) >= 11 is 0. The van der Waals surface area contributed by atoms with Crippen LogP contribution in [0.25, 0.3) is 0 Å². The molecule has 6 rings (SSSR count). The Kier molecular flexibility index (Phi) is 13.2. The van der Waals surface area contributed by atoms with E-state index >= 15 is 0 Å². The standard InChI is InChI=1S/C40H47F3N6O10/c1-20-4-5-24(28(43)8-20)13-34(51)45-29(12-23-10-25(41)14-26(42)11-23)35(52)46-30-18-59-40(57)32-9-21(2)16-48(32)37(54)22(3)44-36(53)33-19-58-7-6-47(33)39(56)31-15-27(50)17-49(31)38(30)55/h4-5,8,10-11,14,21-22,27,29-33,50H,6-7,9,12-13,15-19H2,1-3H3,(H,44,53)(H,45,51)(H,46,52)/t21-,22+,27-,29+,30+,31+,32+,33+/m1/s1. The van der Waals surface area contributed by atoms with Crippen LogP contribution in [0.4, 0.5) is 13.2 Å². The van der Waals surface area contributed by atoms with Crippen molar-refractivity contribution in [3.8, 4) is 0 Å². The number of ether oxygens (including phenoxy) is 2. The van der Waals surface area contributed by atoms with Gasteiger partial charge in [0.05, 0.1) is 25.7 Å². The summed E-state index contributed by atoms with van der Waals surface area (Å²) in [5.74, 6) is -8.68. The molecule has 4 aliphatic rings. The largest absolute Gasteiger partial charge is 0.461 e. The first kappa shape index (κ1) is 43.0. The Morgan fingerprint density at radius 2 is 1.59 bits per heavy atom. The van der Waals surface area contributed by atoms with Crippen molar-refractivity contribution in [1.82, 2.24) is 30.7 Å². The Bertz CT molecular complexity index is 1980. The fourth-order valence-electron chi connectivity index (χ4n) is 8.00. The van der Waals surface area contributed by atoms with E-state index in [4.69, 9.17) is 9.47 Å². The van der Waals surface area contributed by atoms with Gasteiger partial charge >= 0.3 is 5.97 Å². The second-order valence-electron chi connectivity index (χ2n) is 15.7. The molecule has 59 heavy (non-hydrogen) atoms. The summed E-state index contributed by atoms with van der Waals surface area (Å²) < 4.78 is 54.4. The van der Waals surface area contributed by atoms with Gasteiger partial charge in [-0.05, 0) is 61.1 Å². The molecule has 0 spiro atoms. The Morgan fingerprint density at radius 3 is 2.31 bits per heavy atom. The summed E-state index contributed by atoms with van der Waals surface area (Å²) in [7, 11) is 0. The van der Waals surface area contributed by atoms with Crippen molar-refractivity contribution in [2.45, 2.75) is 88.8 Å². The van der Waals surface area contributed by atoms with Gasteiger partial charge in [-0.25, -0.2) is 18.0 Å². The van der Waals surface area contributed by atoms with E-state index in [0.29, 0.717) is 11.6 Å². The molecule has 0 unspecified atom stereocenters. The Hall–Kier alpha value is -5.56. The van der Waals surface area contributed by atoms with E-state index in [1.165, 1.54) is 28.9 Å². The maximum absolute atomic E-state index is 14.7. The van der Waals surface area contributed by atoms with Gasteiger partial charge in [0.2, 0.25) is 35.4 Å². The van der Waals surface area contributed by atoms with Crippen LogP contribution in [0.3, 0.4) is 0 Å². The number of rotatable bonds is 7. The molecule has 4 fully saturated rings. The van der Waals surface area contributed by atoms with Gasteiger partial charge in [0.25, 0.3) is 0 Å². The molecule has 19 heteroatoms. The number of hydrogen-bond acceptors (Lipinski definition) is 10. The third kappa shape index (κ3) is 10.0. The zero-order valence-electron chi connectivity index (χ0n) is 32.8. The average Bonchev–Trinajstić information content (AvgIpc) is 3.77. The van der Waals surface area contributed by atoms with Crippen LogP contribution in [0.1, 0.15) is 43.4 Å². The molecule has 2 aromatic carbocycles. The van der Waals surface area contributed by atoms with Crippen LogP contribution in [-0.4, -0.2) is 143 Å². The van der Waals surface area contributed by atoms with E-state index in [0.717, 1.165) is 17.0 Å². The number of esters is 1. The number of benzene rings is 2. The van der Waals surface area contributed by atoms with E-state index in [1.807, 2.05) is 0 Å². The molecule has 8 atom stereocenters. The third-order valence-corrected chi connectivity index (χ3v) is 10.9. The number of amides is 6. The van der Waals surface area contributed by atoms with E-state index in [9.17, 15) is 51.8 Å². The second kappa shape index (κ2) is 18.1. The molecule has 0 saturated carbocycles. The van der Waals surface area contributed by atoms with Gasteiger partial charge in [0.15, 0.2) is 0 Å². The van der Waals surface area contributed by atoms with Crippen LogP contribution in [0, 0.1) is 30.3 Å². The Labute approximate surface area is 337 Å². The fourth-order valence-corrected chi connectivity index (χ4v) is 8.00. The highest BCUT2D eigenvalue weighted by atomic mass is 19.1. The van der Waals surface area contributed by atoms with Gasteiger partial charge in [0.1, 0.15) is 60.3 Å². The van der Waals surface area contributed by atoms with Crippen molar-refractivity contribution in [3.63, 3.8) is 0 Å². The first-order chi connectivity index (χ1) is 28.0. The predicted molar refractivity (Wildman–Crippen MR) is 199 cm³/mol. The molecule has 0 radical (unpaired) electrons. The number of nitrogens with one attached hydrogen (secondary N) is 3. The summed E-state index contributed by atoms with van der Waals surface area (Å²) in [6.45, 7) is 3.57. The Morgan fingerprint density at radius 1 is 0.881 bits per heavy atom. The number of carbonyl (C=O) groups is 7. The van der Waals surface area contributed by atoms with Crippen molar-refractivity contribution in [1.29, 1.82) is 0 Å². The predicted octanol–water partition coefficient (Wildman–Crippen LogP) is -0.345. The number of aryl methyl sites for hydroxylation is 1. The summed E-state index contributed by atoms with van der Waals surface area (Å²) in [6.07, 6.45) is -2.33. The lowest BCUT2D eigenvalue weighted by atomic mass is 10.0. The maximum atomic E-state index is 14.7. The number of cyclic esters (lactones) is 1. The lowest BCUT2D eigenvalue weighted by Gasteiger charge is -2.39. The summed E-state index contributed by atoms with van der Waals surface area (Å²) in [5.41, 5.74) is 0.528. The third-order valence-electron chi connectivity index (χ3n) is 10.9. The molecule has 0 aliphatic carbocycles. The van der Waals surface area contributed by atoms with Crippen molar-refractivity contribution in [2.24, 2.45) is 5.92 Å². The van der Waals surface area contributed by atoms with Crippen LogP contribution in [-0.2, 0) is 55.9 Å². The monoisotopic (exact) mass is 828 g/mol.